The molecule has 11 heteroatoms. The number of nitrogens with zero attached hydrogens (tertiary/aromatic N) is 3. The molecule has 3 heterocycles. The molecular weight excluding hydrogens is 510 g/mol. The Morgan fingerprint density at radius 2 is 1.76 bits per heavy atom. The van der Waals surface area contributed by atoms with E-state index < -0.39 is 11.5 Å². The summed E-state index contributed by atoms with van der Waals surface area (Å²) < 4.78 is 12.5. The number of hydrogen-bond donors (Lipinski definition) is 1. The van der Waals surface area contributed by atoms with Crippen molar-refractivity contribution < 1.29 is 8.83 Å². The van der Waals surface area contributed by atoms with E-state index in [0.717, 1.165) is 0 Å². The molecule has 0 aliphatic carbocycles. The van der Waals surface area contributed by atoms with Gasteiger partial charge in [-0.25, -0.2) is 9.36 Å². The Labute approximate surface area is 205 Å². The van der Waals surface area contributed by atoms with Crippen LogP contribution < -0.4 is 22.3 Å². The predicted octanol–water partition coefficient (Wildman–Crippen LogP) is 4.26. The first-order valence-corrected chi connectivity index (χ1v) is 10.8. The van der Waals surface area contributed by atoms with E-state index in [1.54, 1.807) is 36.4 Å². The van der Waals surface area contributed by atoms with Crippen LogP contribution in [0.1, 0.15) is 22.7 Å². The van der Waals surface area contributed by atoms with Crippen LogP contribution in [0.25, 0.3) is 17.5 Å². The summed E-state index contributed by atoms with van der Waals surface area (Å²) in [5.41, 5.74) is 6.54. The monoisotopic (exact) mass is 518 g/mol. The molecular formula is C22H10Cl4N4O3. The van der Waals surface area contributed by atoms with Crippen LogP contribution in [0.5, 0.6) is 0 Å². The van der Waals surface area contributed by atoms with Crippen molar-refractivity contribution in [1.82, 2.24) is 9.55 Å². The molecule has 0 fully saturated rings. The van der Waals surface area contributed by atoms with Gasteiger partial charge in [-0.3, -0.25) is 0 Å². The van der Waals surface area contributed by atoms with Crippen LogP contribution in [0.4, 0.5) is 6.01 Å². The molecule has 7 nitrogen and oxygen atoms in total. The Kier molecular flexibility index (Phi) is 5.26. The molecule has 4 aromatic rings. The second-order valence-electron chi connectivity index (χ2n) is 7.09. The molecule has 2 aromatic carbocycles. The number of fused-ring (bicyclic) bond motifs is 3. The zero-order valence-corrected chi connectivity index (χ0v) is 19.3. The van der Waals surface area contributed by atoms with E-state index in [-0.39, 0.29) is 28.4 Å². The summed E-state index contributed by atoms with van der Waals surface area (Å²) in [5.74, 6) is -0.673. The third-order valence-electron chi connectivity index (χ3n) is 5.14. The van der Waals surface area contributed by atoms with Gasteiger partial charge in [0, 0.05) is 20.1 Å². The Bertz CT molecular complexity index is 1680. The molecule has 0 radical (unpaired) electrons. The lowest BCUT2D eigenvalue weighted by Crippen LogP contribution is -2.35. The number of anilines is 1. The molecule has 0 spiro atoms. The Morgan fingerprint density at radius 1 is 1.06 bits per heavy atom. The fraction of sp³-hybridized carbons (Fsp3) is 0.0455. The summed E-state index contributed by atoms with van der Waals surface area (Å²) in [7, 11) is 0. The summed E-state index contributed by atoms with van der Waals surface area (Å²) in [6, 6.07) is 11.6. The van der Waals surface area contributed by atoms with E-state index in [0.29, 0.717) is 36.9 Å². The molecule has 0 saturated heterocycles. The summed E-state index contributed by atoms with van der Waals surface area (Å²) in [5, 5.41) is 11.6. The molecule has 5 rings (SSSR count). The number of nitrogen functional groups attached to an aromatic ring is 1. The summed E-state index contributed by atoms with van der Waals surface area (Å²) in [4.78, 5) is 17.2. The van der Waals surface area contributed by atoms with E-state index in [1.807, 2.05) is 0 Å². The smallest absolute Gasteiger partial charge is 0.362 e. The van der Waals surface area contributed by atoms with Gasteiger partial charge in [0.25, 0.3) is 6.01 Å². The highest BCUT2D eigenvalue weighted by Gasteiger charge is 2.37. The molecule has 1 atom stereocenters. The number of oxazole rings is 2. The van der Waals surface area contributed by atoms with Gasteiger partial charge in [-0.2, -0.15) is 10.2 Å². The molecule has 0 bridgehead atoms. The maximum absolute atomic E-state index is 12.9. The van der Waals surface area contributed by atoms with Crippen LogP contribution >= 0.6 is 46.4 Å². The lowest BCUT2D eigenvalue weighted by atomic mass is 9.87. The SMILES string of the molecule is N#CC1=c2oc(=O)/c(=C\c3ccc(Cl)cc3Cl)n2-c2oc(N)nc2C1c1ccc(Cl)cc1Cl. The normalized spacial score (nSPS) is 15.3. The summed E-state index contributed by atoms with van der Waals surface area (Å²) >= 11 is 24.7. The largest absolute Gasteiger partial charge is 0.406 e. The number of hydrogen-bond acceptors (Lipinski definition) is 6. The zero-order valence-electron chi connectivity index (χ0n) is 16.3. The Balaban J connectivity index is 1.89. The van der Waals surface area contributed by atoms with Crippen molar-refractivity contribution >= 4 is 64.1 Å². The summed E-state index contributed by atoms with van der Waals surface area (Å²) in [6.45, 7) is 0. The molecule has 164 valence electrons. The van der Waals surface area contributed by atoms with Gasteiger partial charge in [-0.05, 0) is 41.5 Å². The fourth-order valence-electron chi connectivity index (χ4n) is 3.75. The number of rotatable bonds is 2. The first-order chi connectivity index (χ1) is 15.8. The van der Waals surface area contributed by atoms with E-state index in [9.17, 15) is 10.1 Å². The van der Waals surface area contributed by atoms with Crippen LogP contribution in [-0.2, 0) is 0 Å². The van der Waals surface area contributed by atoms with Crippen LogP contribution in [0.2, 0.25) is 20.1 Å². The highest BCUT2D eigenvalue weighted by atomic mass is 35.5. The molecule has 2 N–H and O–H groups in total. The van der Waals surface area contributed by atoms with Crippen molar-refractivity contribution in [2.75, 3.05) is 5.73 Å². The minimum atomic E-state index is -0.798. The van der Waals surface area contributed by atoms with Gasteiger partial charge in [-0.15, -0.1) is 0 Å². The average Bonchev–Trinajstić information content (AvgIpc) is 3.28. The molecule has 1 aliphatic rings. The van der Waals surface area contributed by atoms with Crippen molar-refractivity contribution in [2.24, 2.45) is 0 Å². The highest BCUT2D eigenvalue weighted by molar-refractivity contribution is 6.36. The van der Waals surface area contributed by atoms with E-state index in [1.165, 1.54) is 10.6 Å². The fourth-order valence-corrected chi connectivity index (χ4v) is 4.73. The van der Waals surface area contributed by atoms with Gasteiger partial charge in [0.15, 0.2) is 0 Å². The summed E-state index contributed by atoms with van der Waals surface area (Å²) in [6.07, 6.45) is 1.50. The second kappa shape index (κ2) is 8.01. The van der Waals surface area contributed by atoms with Crippen molar-refractivity contribution in [3.8, 4) is 12.0 Å². The maximum Gasteiger partial charge on any atom is 0.362 e. The van der Waals surface area contributed by atoms with Crippen LogP contribution in [0, 0.1) is 11.3 Å². The van der Waals surface area contributed by atoms with Crippen molar-refractivity contribution in [3.05, 3.63) is 94.6 Å². The van der Waals surface area contributed by atoms with Crippen molar-refractivity contribution in [2.45, 2.75) is 5.92 Å². The lowest BCUT2D eigenvalue weighted by Gasteiger charge is -2.20. The van der Waals surface area contributed by atoms with Crippen molar-refractivity contribution in [1.29, 1.82) is 5.26 Å². The lowest BCUT2D eigenvalue weighted by molar-refractivity contribution is 0.455. The van der Waals surface area contributed by atoms with E-state index >= 15 is 0 Å². The third kappa shape index (κ3) is 3.52. The maximum atomic E-state index is 12.9. The van der Waals surface area contributed by atoms with Crippen LogP contribution in [0.15, 0.2) is 50.0 Å². The molecule has 2 aromatic heterocycles. The minimum absolute atomic E-state index is 0.0292. The topological polar surface area (TPSA) is 111 Å². The first kappa shape index (κ1) is 21.7. The molecule has 1 unspecified atom stereocenters. The number of aromatic nitrogens is 2. The average molecular weight is 520 g/mol. The number of benzene rings is 2. The van der Waals surface area contributed by atoms with E-state index in [2.05, 4.69) is 11.1 Å². The Morgan fingerprint density at radius 3 is 2.42 bits per heavy atom. The zero-order chi connectivity index (χ0) is 23.4. The van der Waals surface area contributed by atoms with Gasteiger partial charge in [0.05, 0.1) is 5.92 Å². The van der Waals surface area contributed by atoms with Gasteiger partial charge in [0.1, 0.15) is 22.7 Å². The minimum Gasteiger partial charge on any atom is -0.406 e. The number of nitrogens with two attached hydrogens (primary N) is 1. The molecule has 0 saturated carbocycles. The third-order valence-corrected chi connectivity index (χ3v) is 6.26. The van der Waals surface area contributed by atoms with Crippen LogP contribution in [0.3, 0.4) is 0 Å². The highest BCUT2D eigenvalue weighted by Crippen LogP contribution is 2.41. The molecule has 33 heavy (non-hydrogen) atoms. The number of halogens is 4. The van der Waals surface area contributed by atoms with Gasteiger partial charge in [0.2, 0.25) is 11.4 Å². The van der Waals surface area contributed by atoms with Crippen LogP contribution in [-0.4, -0.2) is 9.55 Å². The standard InChI is InChI=1S/C22H10Cl4N4O3/c23-10-2-1-9(14(25)6-10)5-16-21(31)32-19-13(8-27)17(12-4-3-11(24)7-15(12)26)18-20(30(16)19)33-22(28)29-18/h1-7,17H,(H2,28,29)/b16-5+. The van der Waals surface area contributed by atoms with E-state index in [4.69, 9.17) is 61.0 Å². The molecule has 1 aliphatic heterocycles. The second-order valence-corrected chi connectivity index (χ2v) is 8.78. The molecule has 0 amide bonds. The van der Waals surface area contributed by atoms with Gasteiger partial charge in [-0.1, -0.05) is 58.5 Å². The Hall–Kier alpha value is -3.15. The first-order valence-electron chi connectivity index (χ1n) is 9.33. The van der Waals surface area contributed by atoms with Crippen molar-refractivity contribution in [3.63, 3.8) is 0 Å². The van der Waals surface area contributed by atoms with Gasteiger partial charge >= 0.3 is 5.63 Å². The van der Waals surface area contributed by atoms with Gasteiger partial charge < -0.3 is 14.6 Å². The quantitative estimate of drug-likeness (QED) is 0.423. The predicted molar refractivity (Wildman–Crippen MR) is 125 cm³/mol. The number of nitriles is 1.